The van der Waals surface area contributed by atoms with Crippen LogP contribution in [0.4, 0.5) is 0 Å². The van der Waals surface area contributed by atoms with Gasteiger partial charge in [0, 0.05) is 6.54 Å². The summed E-state index contributed by atoms with van der Waals surface area (Å²) >= 11 is 0. The topological polar surface area (TPSA) is 28.4 Å². The summed E-state index contributed by atoms with van der Waals surface area (Å²) in [6.07, 6.45) is 0. The van der Waals surface area contributed by atoms with Gasteiger partial charge >= 0.3 is 0 Å². The van der Waals surface area contributed by atoms with E-state index in [1.54, 1.807) is 0 Å². The normalized spacial score (nSPS) is 12.0. The van der Waals surface area contributed by atoms with Crippen molar-refractivity contribution in [3.05, 3.63) is 23.7 Å². The predicted octanol–water partition coefficient (Wildman–Crippen LogP) is 3.11. The molecule has 0 atom stereocenters. The van der Waals surface area contributed by atoms with E-state index < -0.39 is 0 Å². The fraction of sp³-hybridized carbons (Fsp3) is 0.733. The largest absolute Gasteiger partial charge is 0.463 e. The molecule has 0 aliphatic carbocycles. The van der Waals surface area contributed by atoms with Gasteiger partial charge in [-0.25, -0.2) is 0 Å². The summed E-state index contributed by atoms with van der Waals surface area (Å²) in [7, 11) is 2.14. The fourth-order valence-electron chi connectivity index (χ4n) is 2.04. The molecule has 0 radical (unpaired) electrons. The standard InChI is InChI=1S/C15H28N2O/c1-12(2)8-16-9-14-6-7-15(18-14)11-17(5)10-13(3)4/h6-7,12-13,16H,8-11H2,1-5H3. The van der Waals surface area contributed by atoms with Gasteiger partial charge in [0.15, 0.2) is 0 Å². The molecule has 0 spiro atoms. The van der Waals surface area contributed by atoms with Crippen LogP contribution in [0.5, 0.6) is 0 Å². The lowest BCUT2D eigenvalue weighted by Crippen LogP contribution is -2.22. The van der Waals surface area contributed by atoms with Gasteiger partial charge < -0.3 is 9.73 Å². The van der Waals surface area contributed by atoms with Crippen molar-refractivity contribution in [2.24, 2.45) is 11.8 Å². The minimum atomic E-state index is 0.677. The van der Waals surface area contributed by atoms with Crippen LogP contribution in [0.1, 0.15) is 39.2 Å². The molecule has 1 aromatic heterocycles. The van der Waals surface area contributed by atoms with Crippen LogP contribution >= 0.6 is 0 Å². The monoisotopic (exact) mass is 252 g/mol. The number of nitrogens with zero attached hydrogens (tertiary/aromatic N) is 1. The molecule has 3 heteroatoms. The van der Waals surface area contributed by atoms with E-state index in [-0.39, 0.29) is 0 Å². The molecule has 104 valence electrons. The van der Waals surface area contributed by atoms with Crippen molar-refractivity contribution in [2.45, 2.75) is 40.8 Å². The van der Waals surface area contributed by atoms with E-state index >= 15 is 0 Å². The first-order valence-corrected chi connectivity index (χ1v) is 6.94. The van der Waals surface area contributed by atoms with Gasteiger partial charge in [-0.15, -0.1) is 0 Å². The van der Waals surface area contributed by atoms with E-state index in [0.29, 0.717) is 11.8 Å². The molecule has 0 unspecified atom stereocenters. The molecule has 0 aliphatic rings. The Labute approximate surface area is 112 Å². The van der Waals surface area contributed by atoms with Crippen LogP contribution in [0.15, 0.2) is 16.5 Å². The molecule has 3 nitrogen and oxygen atoms in total. The highest BCUT2D eigenvalue weighted by atomic mass is 16.3. The number of furan rings is 1. The van der Waals surface area contributed by atoms with Crippen LogP contribution in [-0.2, 0) is 13.1 Å². The highest BCUT2D eigenvalue weighted by molar-refractivity contribution is 5.07. The lowest BCUT2D eigenvalue weighted by molar-refractivity contribution is 0.261. The summed E-state index contributed by atoms with van der Waals surface area (Å²) in [5.41, 5.74) is 0. The zero-order valence-electron chi connectivity index (χ0n) is 12.5. The van der Waals surface area contributed by atoms with Gasteiger partial charge in [0.25, 0.3) is 0 Å². The molecule has 0 aromatic carbocycles. The Balaban J connectivity index is 2.33. The fourth-order valence-corrected chi connectivity index (χ4v) is 2.04. The van der Waals surface area contributed by atoms with E-state index in [9.17, 15) is 0 Å². The van der Waals surface area contributed by atoms with E-state index in [1.165, 1.54) is 0 Å². The maximum Gasteiger partial charge on any atom is 0.118 e. The lowest BCUT2D eigenvalue weighted by Gasteiger charge is -2.17. The Morgan fingerprint density at radius 2 is 1.78 bits per heavy atom. The maximum atomic E-state index is 5.81. The van der Waals surface area contributed by atoms with Gasteiger partial charge in [-0.05, 0) is 37.6 Å². The lowest BCUT2D eigenvalue weighted by atomic mass is 10.2. The molecule has 0 bridgehead atoms. The van der Waals surface area contributed by atoms with Crippen molar-refractivity contribution in [1.29, 1.82) is 0 Å². The van der Waals surface area contributed by atoms with E-state index in [1.807, 2.05) is 0 Å². The predicted molar refractivity (Wildman–Crippen MR) is 76.4 cm³/mol. The second-order valence-electron chi connectivity index (χ2n) is 5.98. The Hall–Kier alpha value is -0.800. The molecule has 0 amide bonds. The molecule has 0 saturated carbocycles. The minimum absolute atomic E-state index is 0.677. The van der Waals surface area contributed by atoms with E-state index in [2.05, 4.69) is 57.1 Å². The van der Waals surface area contributed by atoms with Crippen molar-refractivity contribution in [1.82, 2.24) is 10.2 Å². The van der Waals surface area contributed by atoms with Crippen molar-refractivity contribution >= 4 is 0 Å². The Kier molecular flexibility index (Phi) is 6.44. The molecule has 0 saturated heterocycles. The van der Waals surface area contributed by atoms with Crippen molar-refractivity contribution in [3.63, 3.8) is 0 Å². The summed E-state index contributed by atoms with van der Waals surface area (Å²) in [4.78, 5) is 2.30. The van der Waals surface area contributed by atoms with Gasteiger partial charge in [-0.2, -0.15) is 0 Å². The van der Waals surface area contributed by atoms with Crippen molar-refractivity contribution in [3.8, 4) is 0 Å². The Bertz CT molecular complexity index is 331. The van der Waals surface area contributed by atoms with Crippen LogP contribution < -0.4 is 5.32 Å². The quantitative estimate of drug-likeness (QED) is 0.770. The molecule has 0 aliphatic heterocycles. The second kappa shape index (κ2) is 7.59. The summed E-state index contributed by atoms with van der Waals surface area (Å²) < 4.78 is 5.81. The van der Waals surface area contributed by atoms with Crippen molar-refractivity contribution < 1.29 is 4.42 Å². The smallest absolute Gasteiger partial charge is 0.118 e. The number of hydrogen-bond acceptors (Lipinski definition) is 3. The van der Waals surface area contributed by atoms with E-state index in [0.717, 1.165) is 37.7 Å². The SMILES string of the molecule is CC(C)CNCc1ccc(CN(C)CC(C)C)o1. The van der Waals surface area contributed by atoms with Crippen LogP contribution in [0, 0.1) is 11.8 Å². The van der Waals surface area contributed by atoms with Crippen molar-refractivity contribution in [2.75, 3.05) is 20.1 Å². The second-order valence-corrected chi connectivity index (χ2v) is 5.98. The zero-order valence-corrected chi connectivity index (χ0v) is 12.5. The third-order valence-corrected chi connectivity index (χ3v) is 2.67. The summed E-state index contributed by atoms with van der Waals surface area (Å²) in [6, 6.07) is 4.16. The Morgan fingerprint density at radius 1 is 1.11 bits per heavy atom. The van der Waals surface area contributed by atoms with Gasteiger partial charge in [0.1, 0.15) is 11.5 Å². The zero-order chi connectivity index (χ0) is 13.5. The van der Waals surface area contributed by atoms with Gasteiger partial charge in [-0.3, -0.25) is 4.90 Å². The maximum absolute atomic E-state index is 5.81. The third-order valence-electron chi connectivity index (χ3n) is 2.67. The van der Waals surface area contributed by atoms with Gasteiger partial charge in [-0.1, -0.05) is 27.7 Å². The highest BCUT2D eigenvalue weighted by Gasteiger charge is 2.07. The first-order chi connectivity index (χ1) is 8.47. The minimum Gasteiger partial charge on any atom is -0.463 e. The summed E-state index contributed by atoms with van der Waals surface area (Å²) in [6.45, 7) is 12.7. The molecular formula is C15H28N2O. The third kappa shape index (κ3) is 6.22. The van der Waals surface area contributed by atoms with Crippen LogP contribution in [0.2, 0.25) is 0 Å². The van der Waals surface area contributed by atoms with Crippen LogP contribution in [0.3, 0.4) is 0 Å². The first-order valence-electron chi connectivity index (χ1n) is 6.94. The molecule has 1 N–H and O–H groups in total. The summed E-state index contributed by atoms with van der Waals surface area (Å²) in [5, 5.41) is 3.39. The van der Waals surface area contributed by atoms with E-state index in [4.69, 9.17) is 4.42 Å². The Morgan fingerprint density at radius 3 is 2.39 bits per heavy atom. The molecule has 1 aromatic rings. The molecule has 1 heterocycles. The molecule has 1 rings (SSSR count). The number of rotatable bonds is 8. The highest BCUT2D eigenvalue weighted by Crippen LogP contribution is 2.11. The molecule has 18 heavy (non-hydrogen) atoms. The molecular weight excluding hydrogens is 224 g/mol. The van der Waals surface area contributed by atoms with Gasteiger partial charge in [0.05, 0.1) is 13.1 Å². The average molecular weight is 252 g/mol. The molecule has 0 fully saturated rings. The summed E-state index contributed by atoms with van der Waals surface area (Å²) in [5.74, 6) is 3.46. The number of hydrogen-bond donors (Lipinski definition) is 1. The average Bonchev–Trinajstić information content (AvgIpc) is 2.63. The van der Waals surface area contributed by atoms with Crippen LogP contribution in [0.25, 0.3) is 0 Å². The first kappa shape index (κ1) is 15.3. The number of nitrogens with one attached hydrogen (secondary N) is 1. The van der Waals surface area contributed by atoms with Crippen LogP contribution in [-0.4, -0.2) is 25.0 Å². The van der Waals surface area contributed by atoms with Gasteiger partial charge in [0.2, 0.25) is 0 Å².